The number of nitrogen functional groups attached to an aromatic ring is 1. The monoisotopic (exact) mass is 372 g/mol. The highest BCUT2D eigenvalue weighted by atomic mass is 19.1. The van der Waals surface area contributed by atoms with Crippen LogP contribution in [0.4, 0.5) is 10.1 Å². The Morgan fingerprint density at radius 2 is 2.22 bits per heavy atom. The number of imidazole rings is 1. The van der Waals surface area contributed by atoms with E-state index in [0.29, 0.717) is 29.3 Å². The molecule has 27 heavy (non-hydrogen) atoms. The van der Waals surface area contributed by atoms with Gasteiger partial charge in [-0.05, 0) is 31.4 Å². The molecule has 1 aliphatic rings. The first-order valence-electron chi connectivity index (χ1n) is 9.02. The molecule has 0 aliphatic carbocycles. The quantitative estimate of drug-likeness (QED) is 0.733. The molecule has 1 atom stereocenters. The van der Waals surface area contributed by atoms with Crippen molar-refractivity contribution in [2.75, 3.05) is 19.0 Å². The molecule has 3 aromatic rings. The topological polar surface area (TPSA) is 101 Å². The van der Waals surface area contributed by atoms with E-state index in [2.05, 4.69) is 15.0 Å². The van der Waals surface area contributed by atoms with Crippen LogP contribution in [0.25, 0.3) is 11.2 Å². The van der Waals surface area contributed by atoms with E-state index in [9.17, 15) is 9.18 Å². The molecular formula is C18H21FN6O2. The molecule has 2 N–H and O–H groups in total. The van der Waals surface area contributed by atoms with Crippen LogP contribution in [0.5, 0.6) is 0 Å². The number of fused-ring (bicyclic) bond motifs is 1. The minimum absolute atomic E-state index is 0.166. The maximum atomic E-state index is 12.9. The highest BCUT2D eigenvalue weighted by Crippen LogP contribution is 2.29. The number of aromatic nitrogens is 5. The third-order valence-electron chi connectivity index (χ3n) is 4.76. The van der Waals surface area contributed by atoms with Crippen LogP contribution in [0.1, 0.15) is 37.0 Å². The van der Waals surface area contributed by atoms with E-state index in [4.69, 9.17) is 10.5 Å². The predicted octanol–water partition coefficient (Wildman–Crippen LogP) is 1.83. The number of alkyl halides is 1. The smallest absolute Gasteiger partial charge is 0.274 e. The Labute approximate surface area is 154 Å². The minimum Gasteiger partial charge on any atom is -0.394 e. The van der Waals surface area contributed by atoms with Crippen molar-refractivity contribution in [1.29, 1.82) is 0 Å². The zero-order valence-electron chi connectivity index (χ0n) is 14.8. The maximum absolute atomic E-state index is 12.9. The minimum atomic E-state index is -0.525. The lowest BCUT2D eigenvalue weighted by molar-refractivity contribution is -0.0314. The summed E-state index contributed by atoms with van der Waals surface area (Å²) >= 11 is 0. The van der Waals surface area contributed by atoms with E-state index in [1.54, 1.807) is 18.3 Å². The molecule has 1 fully saturated rings. The number of rotatable bonds is 5. The predicted molar refractivity (Wildman–Crippen MR) is 98.1 cm³/mol. The summed E-state index contributed by atoms with van der Waals surface area (Å²) in [5.41, 5.74) is 7.35. The zero-order valence-corrected chi connectivity index (χ0v) is 14.8. The summed E-state index contributed by atoms with van der Waals surface area (Å²) in [4.78, 5) is 25.6. The van der Waals surface area contributed by atoms with Crippen LogP contribution < -0.4 is 11.3 Å². The van der Waals surface area contributed by atoms with Gasteiger partial charge in [0.05, 0.1) is 24.6 Å². The summed E-state index contributed by atoms with van der Waals surface area (Å²) in [7, 11) is 0. The average molecular weight is 372 g/mol. The molecule has 0 spiro atoms. The molecule has 0 saturated carbocycles. The lowest BCUT2D eigenvalue weighted by Gasteiger charge is -2.25. The summed E-state index contributed by atoms with van der Waals surface area (Å²) in [6, 6.07) is 3.28. The molecule has 3 aromatic heterocycles. The first-order valence-corrected chi connectivity index (χ1v) is 9.02. The normalized spacial score (nSPS) is 17.4. The zero-order chi connectivity index (χ0) is 18.8. The van der Waals surface area contributed by atoms with Crippen LogP contribution in [-0.4, -0.2) is 37.4 Å². The highest BCUT2D eigenvalue weighted by molar-refractivity contribution is 5.74. The first kappa shape index (κ1) is 17.6. The summed E-state index contributed by atoms with van der Waals surface area (Å²) < 4.78 is 22.3. The molecule has 0 amide bonds. The molecule has 142 valence electrons. The van der Waals surface area contributed by atoms with Crippen molar-refractivity contribution in [1.82, 2.24) is 24.1 Å². The van der Waals surface area contributed by atoms with Crippen molar-refractivity contribution in [3.63, 3.8) is 0 Å². The van der Waals surface area contributed by atoms with Gasteiger partial charge < -0.3 is 15.0 Å². The molecular weight excluding hydrogens is 351 g/mol. The number of ether oxygens (including phenoxy) is 1. The summed E-state index contributed by atoms with van der Waals surface area (Å²) in [6.45, 7) is 0.350. The van der Waals surface area contributed by atoms with E-state index < -0.39 is 6.67 Å². The van der Waals surface area contributed by atoms with Gasteiger partial charge in [-0.1, -0.05) is 0 Å². The third-order valence-corrected chi connectivity index (χ3v) is 4.76. The number of hydrogen-bond acceptors (Lipinski definition) is 6. The van der Waals surface area contributed by atoms with Crippen molar-refractivity contribution in [2.24, 2.45) is 0 Å². The Bertz CT molecular complexity index is 1010. The van der Waals surface area contributed by atoms with Gasteiger partial charge in [0.15, 0.2) is 5.65 Å². The number of nitrogens with zero attached hydrogens (tertiary/aromatic N) is 5. The van der Waals surface area contributed by atoms with Crippen LogP contribution in [-0.2, 0) is 17.7 Å². The molecule has 4 rings (SSSR count). The number of hydrogen-bond donors (Lipinski definition) is 1. The van der Waals surface area contributed by atoms with Crippen LogP contribution >= 0.6 is 0 Å². The Morgan fingerprint density at radius 3 is 3.00 bits per heavy atom. The molecule has 4 heterocycles. The average Bonchev–Trinajstić information content (AvgIpc) is 3.05. The van der Waals surface area contributed by atoms with Gasteiger partial charge in [-0.3, -0.25) is 13.8 Å². The molecule has 9 heteroatoms. The van der Waals surface area contributed by atoms with E-state index in [1.165, 1.54) is 10.9 Å². The molecule has 1 saturated heterocycles. The van der Waals surface area contributed by atoms with Crippen molar-refractivity contribution in [3.05, 3.63) is 46.5 Å². The molecule has 1 aliphatic heterocycles. The Morgan fingerprint density at radius 1 is 1.33 bits per heavy atom. The number of pyridine rings is 1. The van der Waals surface area contributed by atoms with E-state index in [1.807, 2.05) is 4.57 Å². The van der Waals surface area contributed by atoms with Gasteiger partial charge >= 0.3 is 0 Å². The Hall–Kier alpha value is -2.81. The van der Waals surface area contributed by atoms with Crippen molar-refractivity contribution >= 4 is 16.9 Å². The maximum Gasteiger partial charge on any atom is 0.274 e. The van der Waals surface area contributed by atoms with E-state index in [-0.39, 0.29) is 30.4 Å². The second-order valence-electron chi connectivity index (χ2n) is 6.55. The van der Waals surface area contributed by atoms with Gasteiger partial charge in [-0.2, -0.15) is 0 Å². The SMILES string of the molecule is Nc1cccn(Cc2nc3c(CCF)ncnc3n2C2CCCCO2)c1=O. The van der Waals surface area contributed by atoms with E-state index in [0.717, 1.165) is 19.3 Å². The van der Waals surface area contributed by atoms with Crippen molar-refractivity contribution in [3.8, 4) is 0 Å². The van der Waals surface area contributed by atoms with Gasteiger partial charge in [0.1, 0.15) is 23.9 Å². The number of anilines is 1. The van der Waals surface area contributed by atoms with E-state index >= 15 is 0 Å². The van der Waals surface area contributed by atoms with Crippen molar-refractivity contribution < 1.29 is 9.13 Å². The molecule has 0 bridgehead atoms. The van der Waals surface area contributed by atoms with Gasteiger partial charge in [-0.15, -0.1) is 0 Å². The van der Waals surface area contributed by atoms with Gasteiger partial charge in [0.2, 0.25) is 0 Å². The fraction of sp³-hybridized carbons (Fsp3) is 0.444. The van der Waals surface area contributed by atoms with Gasteiger partial charge in [-0.25, -0.2) is 15.0 Å². The first-order chi connectivity index (χ1) is 13.2. The van der Waals surface area contributed by atoms with Gasteiger partial charge in [0.25, 0.3) is 5.56 Å². The summed E-state index contributed by atoms with van der Waals surface area (Å²) in [6.07, 6.45) is 5.90. The Kier molecular flexibility index (Phi) is 4.85. The third kappa shape index (κ3) is 3.30. The fourth-order valence-corrected chi connectivity index (χ4v) is 3.45. The second-order valence-corrected chi connectivity index (χ2v) is 6.55. The number of halogens is 1. The van der Waals surface area contributed by atoms with Crippen LogP contribution in [0.2, 0.25) is 0 Å². The fourth-order valence-electron chi connectivity index (χ4n) is 3.45. The Balaban J connectivity index is 1.85. The second kappa shape index (κ2) is 7.43. The van der Waals surface area contributed by atoms with Crippen LogP contribution in [0.15, 0.2) is 29.5 Å². The van der Waals surface area contributed by atoms with Gasteiger partial charge in [0, 0.05) is 19.2 Å². The largest absolute Gasteiger partial charge is 0.394 e. The lowest BCUT2D eigenvalue weighted by atomic mass is 10.2. The lowest BCUT2D eigenvalue weighted by Crippen LogP contribution is -2.26. The van der Waals surface area contributed by atoms with Crippen LogP contribution in [0.3, 0.4) is 0 Å². The highest BCUT2D eigenvalue weighted by Gasteiger charge is 2.24. The van der Waals surface area contributed by atoms with Crippen LogP contribution in [0, 0.1) is 0 Å². The summed E-state index contributed by atoms with van der Waals surface area (Å²) in [5.74, 6) is 0.616. The number of aryl methyl sites for hydroxylation is 1. The standard InChI is InChI=1S/C18H21FN6O2/c19-7-6-13-16-17(22-11-21-13)25(15-5-1-2-9-27-15)14(23-16)10-24-8-3-4-12(20)18(24)26/h3-4,8,11,15H,1-2,5-7,9-10,20H2. The molecule has 8 nitrogen and oxygen atoms in total. The van der Waals surface area contributed by atoms with Crippen molar-refractivity contribution in [2.45, 2.75) is 38.5 Å². The number of nitrogens with two attached hydrogens (primary N) is 1. The summed E-state index contributed by atoms with van der Waals surface area (Å²) in [5, 5.41) is 0. The molecule has 1 unspecified atom stereocenters. The molecule has 0 aromatic carbocycles. The molecule has 0 radical (unpaired) electrons.